The van der Waals surface area contributed by atoms with Crippen LogP contribution in [0.5, 0.6) is 0 Å². The average molecular weight is 307 g/mol. The van der Waals surface area contributed by atoms with E-state index in [-0.39, 0.29) is 5.91 Å². The van der Waals surface area contributed by atoms with Crippen LogP contribution in [0.4, 0.5) is 11.4 Å². The van der Waals surface area contributed by atoms with Gasteiger partial charge in [-0.3, -0.25) is 4.79 Å². The normalized spacial score (nSPS) is 13.7. The first-order valence-electron chi connectivity index (χ1n) is 6.17. The van der Waals surface area contributed by atoms with Crippen molar-refractivity contribution < 1.29 is 4.79 Å². The zero-order valence-corrected chi connectivity index (χ0v) is 12.1. The summed E-state index contributed by atoms with van der Waals surface area (Å²) < 4.78 is 0. The van der Waals surface area contributed by atoms with Crippen molar-refractivity contribution in [3.05, 3.63) is 57.6 Å². The van der Waals surface area contributed by atoms with E-state index in [2.05, 4.69) is 0 Å². The second kappa shape index (κ2) is 5.00. The maximum absolute atomic E-state index is 12.2. The summed E-state index contributed by atoms with van der Waals surface area (Å²) in [5.74, 6) is 0.0424. The van der Waals surface area contributed by atoms with Gasteiger partial charge in [-0.05, 0) is 41.5 Å². The molecule has 0 radical (unpaired) electrons. The van der Waals surface area contributed by atoms with Gasteiger partial charge >= 0.3 is 0 Å². The topological polar surface area (TPSA) is 46.3 Å². The van der Waals surface area contributed by atoms with Gasteiger partial charge in [-0.2, -0.15) is 0 Å². The van der Waals surface area contributed by atoms with Crippen molar-refractivity contribution in [2.75, 3.05) is 10.6 Å². The summed E-state index contributed by atoms with van der Waals surface area (Å²) in [7, 11) is 0. The molecule has 0 fully saturated rings. The molecule has 1 aliphatic rings. The number of carbonyl (C=O) groups is 1. The van der Waals surface area contributed by atoms with Crippen molar-refractivity contribution in [3.8, 4) is 0 Å². The van der Waals surface area contributed by atoms with Crippen LogP contribution >= 0.6 is 23.2 Å². The van der Waals surface area contributed by atoms with E-state index in [9.17, 15) is 4.79 Å². The number of benzene rings is 2. The first kappa shape index (κ1) is 13.3. The molecule has 1 amide bonds. The predicted molar refractivity (Wildman–Crippen MR) is 82.2 cm³/mol. The quantitative estimate of drug-likeness (QED) is 0.861. The number of halogens is 2. The Balaban J connectivity index is 1.97. The van der Waals surface area contributed by atoms with Gasteiger partial charge in [-0.15, -0.1) is 0 Å². The zero-order chi connectivity index (χ0) is 14.3. The third-order valence-corrected chi connectivity index (χ3v) is 3.98. The van der Waals surface area contributed by atoms with Gasteiger partial charge in [-0.1, -0.05) is 29.3 Å². The average Bonchev–Trinajstić information content (AvgIpc) is 2.70. The van der Waals surface area contributed by atoms with Crippen molar-refractivity contribution in [2.45, 2.75) is 13.0 Å². The first-order valence-corrected chi connectivity index (χ1v) is 6.93. The van der Waals surface area contributed by atoms with Gasteiger partial charge in [0.25, 0.3) is 0 Å². The summed E-state index contributed by atoms with van der Waals surface area (Å²) in [5, 5.41) is 1.21. The molecule has 0 spiro atoms. The Morgan fingerprint density at radius 3 is 2.75 bits per heavy atom. The van der Waals surface area contributed by atoms with Gasteiger partial charge in [-0.25, -0.2) is 0 Å². The molecular formula is C15H12Cl2N2O. The standard InChI is InChI=1S/C15H12Cl2N2O/c16-11-2-1-9-6-15(20)19(14(9)7-11)8-10-5-12(18)3-4-13(10)17/h1-5,7H,6,8,18H2. The van der Waals surface area contributed by atoms with Crippen LogP contribution in [0.1, 0.15) is 11.1 Å². The number of hydrogen-bond donors (Lipinski definition) is 1. The lowest BCUT2D eigenvalue weighted by Crippen LogP contribution is -2.26. The van der Waals surface area contributed by atoms with Gasteiger partial charge < -0.3 is 10.6 Å². The number of nitrogens with zero attached hydrogens (tertiary/aromatic N) is 1. The molecule has 102 valence electrons. The molecule has 0 atom stereocenters. The first-order chi connectivity index (χ1) is 9.54. The van der Waals surface area contributed by atoms with Crippen LogP contribution in [0.25, 0.3) is 0 Å². The van der Waals surface area contributed by atoms with Crippen LogP contribution in [0.2, 0.25) is 10.0 Å². The summed E-state index contributed by atoms with van der Waals surface area (Å²) in [5.41, 5.74) is 9.06. The minimum Gasteiger partial charge on any atom is -0.399 e. The van der Waals surface area contributed by atoms with Crippen molar-refractivity contribution in [1.29, 1.82) is 0 Å². The largest absolute Gasteiger partial charge is 0.399 e. The SMILES string of the molecule is Nc1ccc(Cl)c(CN2C(=O)Cc3ccc(Cl)cc32)c1. The second-order valence-electron chi connectivity index (χ2n) is 4.78. The number of rotatable bonds is 2. The molecular weight excluding hydrogens is 295 g/mol. The molecule has 0 aromatic heterocycles. The smallest absolute Gasteiger partial charge is 0.231 e. The third-order valence-electron chi connectivity index (χ3n) is 3.38. The second-order valence-corrected chi connectivity index (χ2v) is 5.62. The Morgan fingerprint density at radius 1 is 1.15 bits per heavy atom. The van der Waals surface area contributed by atoms with Crippen molar-refractivity contribution in [3.63, 3.8) is 0 Å². The molecule has 1 heterocycles. The highest BCUT2D eigenvalue weighted by Crippen LogP contribution is 2.33. The highest BCUT2D eigenvalue weighted by molar-refractivity contribution is 6.31. The minimum atomic E-state index is 0.0424. The number of nitrogen functional groups attached to an aromatic ring is 1. The molecule has 3 nitrogen and oxygen atoms in total. The summed E-state index contributed by atoms with van der Waals surface area (Å²) in [4.78, 5) is 13.8. The molecule has 0 aliphatic carbocycles. The zero-order valence-electron chi connectivity index (χ0n) is 10.6. The van der Waals surface area contributed by atoms with Crippen LogP contribution < -0.4 is 10.6 Å². The number of fused-ring (bicyclic) bond motifs is 1. The van der Waals surface area contributed by atoms with E-state index in [1.807, 2.05) is 12.1 Å². The van der Waals surface area contributed by atoms with E-state index in [1.165, 1.54) is 0 Å². The third kappa shape index (κ3) is 2.35. The fourth-order valence-electron chi connectivity index (χ4n) is 2.39. The van der Waals surface area contributed by atoms with Crippen molar-refractivity contribution in [2.24, 2.45) is 0 Å². The lowest BCUT2D eigenvalue weighted by molar-refractivity contribution is -0.117. The Labute approximate surface area is 126 Å². The molecule has 0 saturated carbocycles. The fraction of sp³-hybridized carbons (Fsp3) is 0.133. The lowest BCUT2D eigenvalue weighted by Gasteiger charge is -2.18. The van der Waals surface area contributed by atoms with Crippen LogP contribution in [-0.4, -0.2) is 5.91 Å². The molecule has 2 aromatic rings. The summed E-state index contributed by atoms with van der Waals surface area (Å²) in [6.45, 7) is 0.399. The van der Waals surface area contributed by atoms with E-state index < -0.39 is 0 Å². The molecule has 2 aromatic carbocycles. The van der Waals surface area contributed by atoms with Gasteiger partial charge in [0.2, 0.25) is 5.91 Å². The highest BCUT2D eigenvalue weighted by atomic mass is 35.5. The maximum Gasteiger partial charge on any atom is 0.231 e. The van der Waals surface area contributed by atoms with Gasteiger partial charge in [0.05, 0.1) is 13.0 Å². The number of anilines is 2. The molecule has 3 rings (SSSR count). The number of carbonyl (C=O) groups excluding carboxylic acids is 1. The predicted octanol–water partition coefficient (Wildman–Crippen LogP) is 3.66. The molecule has 0 unspecified atom stereocenters. The fourth-order valence-corrected chi connectivity index (χ4v) is 2.73. The van der Waals surface area contributed by atoms with Gasteiger partial charge in [0.1, 0.15) is 0 Å². The molecule has 20 heavy (non-hydrogen) atoms. The molecule has 1 aliphatic heterocycles. The highest BCUT2D eigenvalue weighted by Gasteiger charge is 2.27. The van der Waals surface area contributed by atoms with Gasteiger partial charge in [0.15, 0.2) is 0 Å². The monoisotopic (exact) mass is 306 g/mol. The minimum absolute atomic E-state index is 0.0424. The maximum atomic E-state index is 12.2. The molecule has 0 saturated heterocycles. The molecule has 5 heteroatoms. The number of hydrogen-bond acceptors (Lipinski definition) is 2. The summed E-state index contributed by atoms with van der Waals surface area (Å²) in [6.07, 6.45) is 0.395. The summed E-state index contributed by atoms with van der Waals surface area (Å²) in [6, 6.07) is 10.8. The van der Waals surface area contributed by atoms with E-state index in [1.54, 1.807) is 29.2 Å². The number of nitrogens with two attached hydrogens (primary N) is 1. The van der Waals surface area contributed by atoms with E-state index in [0.717, 1.165) is 16.8 Å². The Hall–Kier alpha value is -1.71. The Morgan fingerprint density at radius 2 is 1.95 bits per heavy atom. The van der Waals surface area contributed by atoms with Gasteiger partial charge in [0, 0.05) is 21.4 Å². The molecule has 2 N–H and O–H groups in total. The number of amides is 1. The van der Waals surface area contributed by atoms with Crippen LogP contribution in [-0.2, 0) is 17.8 Å². The van der Waals surface area contributed by atoms with Crippen molar-refractivity contribution in [1.82, 2.24) is 0 Å². The Kier molecular flexibility index (Phi) is 3.32. The van der Waals surface area contributed by atoms with E-state index in [4.69, 9.17) is 28.9 Å². The van der Waals surface area contributed by atoms with Crippen LogP contribution in [0.15, 0.2) is 36.4 Å². The Bertz CT molecular complexity index is 700. The van der Waals surface area contributed by atoms with Crippen molar-refractivity contribution >= 4 is 40.5 Å². The summed E-state index contributed by atoms with van der Waals surface area (Å²) >= 11 is 12.2. The van der Waals surface area contributed by atoms with Crippen LogP contribution in [0.3, 0.4) is 0 Å². The van der Waals surface area contributed by atoms with Crippen LogP contribution in [0, 0.1) is 0 Å². The van der Waals surface area contributed by atoms with E-state index in [0.29, 0.717) is 28.7 Å². The molecule has 0 bridgehead atoms. The van der Waals surface area contributed by atoms with E-state index >= 15 is 0 Å². The lowest BCUT2D eigenvalue weighted by atomic mass is 10.1.